The number of likely N-dealkylation sites (N-methyl/N-ethyl adjacent to an activating group) is 1. The molecule has 0 spiro atoms. The molecule has 0 aliphatic rings. The van der Waals surface area contributed by atoms with Gasteiger partial charge >= 0.3 is 0 Å². The van der Waals surface area contributed by atoms with Crippen molar-refractivity contribution in [3.05, 3.63) is 76.2 Å². The van der Waals surface area contributed by atoms with Gasteiger partial charge in [-0.05, 0) is 67.7 Å². The molecule has 6 nitrogen and oxygen atoms in total. The fourth-order valence-corrected chi connectivity index (χ4v) is 3.74. The molecule has 0 saturated carbocycles. The lowest BCUT2D eigenvalue weighted by molar-refractivity contribution is 0.0941. The first-order chi connectivity index (χ1) is 14.6. The summed E-state index contributed by atoms with van der Waals surface area (Å²) in [5.74, 6) is 1.01. The van der Waals surface area contributed by atoms with Crippen molar-refractivity contribution in [1.29, 1.82) is 0 Å². The summed E-state index contributed by atoms with van der Waals surface area (Å²) < 4.78 is 11.6. The van der Waals surface area contributed by atoms with E-state index in [1.165, 1.54) is 5.56 Å². The third kappa shape index (κ3) is 5.81. The van der Waals surface area contributed by atoms with Crippen molar-refractivity contribution < 1.29 is 14.3 Å². The predicted octanol–water partition coefficient (Wildman–Crippen LogP) is 4.15. The minimum atomic E-state index is -0.142. The molecule has 2 heterocycles. The summed E-state index contributed by atoms with van der Waals surface area (Å²) >= 11 is 1.65. The number of aromatic nitrogens is 1. The normalized spacial score (nSPS) is 11.9. The number of ether oxygens (including phenoxy) is 2. The molecule has 1 amide bonds. The van der Waals surface area contributed by atoms with Crippen molar-refractivity contribution in [2.75, 3.05) is 27.2 Å². The second-order valence-corrected chi connectivity index (χ2v) is 7.77. The van der Waals surface area contributed by atoms with Crippen molar-refractivity contribution in [3.63, 3.8) is 0 Å². The van der Waals surface area contributed by atoms with Gasteiger partial charge in [-0.1, -0.05) is 6.07 Å². The molecule has 158 valence electrons. The highest BCUT2D eigenvalue weighted by Crippen LogP contribution is 2.29. The number of amides is 1. The average Bonchev–Trinajstić information content (AvgIpc) is 3.28. The zero-order chi connectivity index (χ0) is 21.3. The third-order valence-electron chi connectivity index (χ3n) is 4.63. The van der Waals surface area contributed by atoms with E-state index in [0.29, 0.717) is 36.8 Å². The van der Waals surface area contributed by atoms with Gasteiger partial charge in [0.25, 0.3) is 5.91 Å². The Labute approximate surface area is 181 Å². The van der Waals surface area contributed by atoms with E-state index in [4.69, 9.17) is 9.47 Å². The summed E-state index contributed by atoms with van der Waals surface area (Å²) in [5, 5.41) is 7.19. The highest BCUT2D eigenvalue weighted by atomic mass is 32.1. The highest BCUT2D eigenvalue weighted by molar-refractivity contribution is 7.07. The largest absolute Gasteiger partial charge is 0.490 e. The SMILES string of the molecule is CCOc1cc(C(=O)NCC(c2ccsc2)N(C)C)ccc1OCc1cccnc1. The Hall–Kier alpha value is -2.90. The van der Waals surface area contributed by atoms with Crippen LogP contribution in [0.25, 0.3) is 0 Å². The second kappa shape index (κ2) is 10.8. The molecule has 0 aliphatic carbocycles. The van der Waals surface area contributed by atoms with E-state index < -0.39 is 0 Å². The molecule has 7 heteroatoms. The van der Waals surface area contributed by atoms with E-state index in [1.807, 2.05) is 38.5 Å². The number of thiophene rings is 1. The van der Waals surface area contributed by atoms with Gasteiger partial charge in [-0.3, -0.25) is 9.78 Å². The molecular formula is C23H27N3O3S. The van der Waals surface area contributed by atoms with Crippen LogP contribution in [-0.4, -0.2) is 43.0 Å². The van der Waals surface area contributed by atoms with E-state index in [1.54, 1.807) is 41.9 Å². The van der Waals surface area contributed by atoms with Gasteiger partial charge in [-0.25, -0.2) is 0 Å². The lowest BCUT2D eigenvalue weighted by Gasteiger charge is -2.24. The lowest BCUT2D eigenvalue weighted by Crippen LogP contribution is -2.34. The van der Waals surface area contributed by atoms with Crippen molar-refractivity contribution in [2.24, 2.45) is 0 Å². The molecule has 3 rings (SSSR count). The fourth-order valence-electron chi connectivity index (χ4n) is 3.04. The molecule has 30 heavy (non-hydrogen) atoms. The van der Waals surface area contributed by atoms with Crippen molar-refractivity contribution in [1.82, 2.24) is 15.2 Å². The molecule has 0 saturated heterocycles. The molecular weight excluding hydrogens is 398 g/mol. The quantitative estimate of drug-likeness (QED) is 0.529. The molecule has 1 unspecified atom stereocenters. The van der Waals surface area contributed by atoms with E-state index in [-0.39, 0.29) is 11.9 Å². The summed E-state index contributed by atoms with van der Waals surface area (Å²) in [7, 11) is 4.02. The topological polar surface area (TPSA) is 63.7 Å². The zero-order valence-corrected chi connectivity index (χ0v) is 18.3. The third-order valence-corrected chi connectivity index (χ3v) is 5.33. The smallest absolute Gasteiger partial charge is 0.251 e. The maximum absolute atomic E-state index is 12.8. The first kappa shape index (κ1) is 21.8. The van der Waals surface area contributed by atoms with Gasteiger partial charge in [0.15, 0.2) is 11.5 Å². The minimum Gasteiger partial charge on any atom is -0.490 e. The van der Waals surface area contributed by atoms with Crippen LogP contribution in [0.5, 0.6) is 11.5 Å². The number of carbonyl (C=O) groups excluding carboxylic acids is 1. The van der Waals surface area contributed by atoms with Gasteiger partial charge in [-0.15, -0.1) is 0 Å². The molecule has 0 radical (unpaired) electrons. The minimum absolute atomic E-state index is 0.119. The Kier molecular flexibility index (Phi) is 7.82. The number of benzene rings is 1. The number of nitrogens with zero attached hydrogens (tertiary/aromatic N) is 2. The van der Waals surface area contributed by atoms with Crippen molar-refractivity contribution in [2.45, 2.75) is 19.6 Å². The van der Waals surface area contributed by atoms with Crippen LogP contribution in [0.4, 0.5) is 0 Å². The molecule has 0 bridgehead atoms. The molecule has 0 fully saturated rings. The lowest BCUT2D eigenvalue weighted by atomic mass is 10.1. The average molecular weight is 426 g/mol. The van der Waals surface area contributed by atoms with E-state index >= 15 is 0 Å². The molecule has 0 aliphatic heterocycles. The van der Waals surface area contributed by atoms with Crippen LogP contribution in [0.2, 0.25) is 0 Å². The molecule has 1 atom stereocenters. The number of hydrogen-bond donors (Lipinski definition) is 1. The standard InChI is InChI=1S/C23H27N3O3S/c1-4-28-22-12-18(7-8-21(22)29-15-17-6-5-10-24-13-17)23(27)25-14-20(26(2)3)19-9-11-30-16-19/h5-13,16,20H,4,14-15H2,1-3H3,(H,25,27). The summed E-state index contributed by atoms with van der Waals surface area (Å²) in [6.45, 7) is 3.28. The summed E-state index contributed by atoms with van der Waals surface area (Å²) in [6, 6.07) is 11.3. The van der Waals surface area contributed by atoms with Gasteiger partial charge in [0.1, 0.15) is 6.61 Å². The van der Waals surface area contributed by atoms with E-state index in [9.17, 15) is 4.79 Å². The maximum Gasteiger partial charge on any atom is 0.251 e. The Balaban J connectivity index is 1.67. The van der Waals surface area contributed by atoms with E-state index in [2.05, 4.69) is 26.6 Å². The van der Waals surface area contributed by atoms with E-state index in [0.717, 1.165) is 5.56 Å². The number of rotatable bonds is 10. The maximum atomic E-state index is 12.8. The van der Waals surface area contributed by atoms with Crippen LogP contribution in [0.3, 0.4) is 0 Å². The monoisotopic (exact) mass is 425 g/mol. The Morgan fingerprint density at radius 1 is 1.20 bits per heavy atom. The van der Waals surface area contributed by atoms with Crippen molar-refractivity contribution in [3.8, 4) is 11.5 Å². The Morgan fingerprint density at radius 3 is 2.73 bits per heavy atom. The molecule has 2 aromatic heterocycles. The van der Waals surface area contributed by atoms with Crippen LogP contribution in [0.1, 0.15) is 34.5 Å². The summed E-state index contributed by atoms with van der Waals surface area (Å²) in [5.41, 5.74) is 2.69. The number of pyridine rings is 1. The summed E-state index contributed by atoms with van der Waals surface area (Å²) in [4.78, 5) is 18.9. The molecule has 3 aromatic rings. The van der Waals surface area contributed by atoms with Crippen molar-refractivity contribution >= 4 is 17.2 Å². The first-order valence-corrected chi connectivity index (χ1v) is 10.8. The molecule has 1 aromatic carbocycles. The van der Waals surface area contributed by atoms with Crippen LogP contribution >= 0.6 is 11.3 Å². The van der Waals surface area contributed by atoms with Gasteiger partial charge in [-0.2, -0.15) is 11.3 Å². The Bertz CT molecular complexity index is 930. The zero-order valence-electron chi connectivity index (χ0n) is 17.5. The molecule has 1 N–H and O–H groups in total. The van der Waals surface area contributed by atoms with Crippen LogP contribution in [-0.2, 0) is 6.61 Å². The second-order valence-electron chi connectivity index (χ2n) is 6.99. The number of nitrogens with one attached hydrogen (secondary N) is 1. The predicted molar refractivity (Wildman–Crippen MR) is 119 cm³/mol. The van der Waals surface area contributed by atoms with Gasteiger partial charge in [0.05, 0.1) is 12.6 Å². The van der Waals surface area contributed by atoms with Crippen LogP contribution < -0.4 is 14.8 Å². The van der Waals surface area contributed by atoms with Gasteiger partial charge < -0.3 is 19.7 Å². The first-order valence-electron chi connectivity index (χ1n) is 9.83. The van der Waals surface area contributed by atoms with Gasteiger partial charge in [0, 0.05) is 30.1 Å². The van der Waals surface area contributed by atoms with Gasteiger partial charge in [0.2, 0.25) is 0 Å². The Morgan fingerprint density at radius 2 is 2.07 bits per heavy atom. The number of hydrogen-bond acceptors (Lipinski definition) is 6. The highest BCUT2D eigenvalue weighted by Gasteiger charge is 2.17. The van der Waals surface area contributed by atoms with Crippen LogP contribution in [0, 0.1) is 0 Å². The number of carbonyl (C=O) groups is 1. The van der Waals surface area contributed by atoms with Crippen LogP contribution in [0.15, 0.2) is 59.6 Å². The summed E-state index contributed by atoms with van der Waals surface area (Å²) in [6.07, 6.45) is 3.48. The fraction of sp³-hybridized carbons (Fsp3) is 0.304.